The second kappa shape index (κ2) is 7.65. The van der Waals surface area contributed by atoms with Crippen LogP contribution in [0.4, 0.5) is 11.4 Å². The van der Waals surface area contributed by atoms with Gasteiger partial charge in [0.25, 0.3) is 5.91 Å². The highest BCUT2D eigenvalue weighted by molar-refractivity contribution is 6.05. The van der Waals surface area contributed by atoms with Crippen LogP contribution in [0.2, 0.25) is 0 Å². The zero-order valence-corrected chi connectivity index (χ0v) is 14.7. The third-order valence-electron chi connectivity index (χ3n) is 4.00. The van der Waals surface area contributed by atoms with E-state index in [0.29, 0.717) is 23.4 Å². The number of hydrogen-bond acceptors (Lipinski definition) is 3. The molecule has 0 bridgehead atoms. The van der Waals surface area contributed by atoms with Gasteiger partial charge in [0.05, 0.1) is 23.5 Å². The van der Waals surface area contributed by atoms with Gasteiger partial charge in [-0.3, -0.25) is 14.7 Å². The number of aromatic amines is 1. The Morgan fingerprint density at radius 2 is 1.65 bits per heavy atom. The van der Waals surface area contributed by atoms with Crippen molar-refractivity contribution in [2.75, 3.05) is 10.6 Å². The summed E-state index contributed by atoms with van der Waals surface area (Å²) in [6, 6.07) is 16.3. The van der Waals surface area contributed by atoms with Crippen LogP contribution >= 0.6 is 0 Å². The lowest BCUT2D eigenvalue weighted by atomic mass is 10.1. The third-order valence-corrected chi connectivity index (χ3v) is 4.00. The van der Waals surface area contributed by atoms with Crippen LogP contribution < -0.4 is 10.6 Å². The molecule has 0 unspecified atom stereocenters. The number of aryl methyl sites for hydroxylation is 2. The van der Waals surface area contributed by atoms with Crippen LogP contribution in [0.5, 0.6) is 0 Å². The van der Waals surface area contributed by atoms with Crippen LogP contribution in [0.3, 0.4) is 0 Å². The molecule has 0 radical (unpaired) electrons. The number of aromatic nitrogens is 2. The summed E-state index contributed by atoms with van der Waals surface area (Å²) < 4.78 is 0. The first-order chi connectivity index (χ1) is 12.5. The molecule has 0 aliphatic rings. The average molecular weight is 348 g/mol. The number of carbonyl (C=O) groups is 2. The normalized spacial score (nSPS) is 10.4. The van der Waals surface area contributed by atoms with Crippen molar-refractivity contribution in [2.24, 2.45) is 0 Å². The maximum atomic E-state index is 12.4. The number of nitrogens with one attached hydrogen (secondary N) is 3. The van der Waals surface area contributed by atoms with E-state index in [9.17, 15) is 9.59 Å². The molecule has 0 saturated heterocycles. The molecular formula is C20H20N4O2. The quantitative estimate of drug-likeness (QED) is 0.660. The van der Waals surface area contributed by atoms with Gasteiger partial charge in [0, 0.05) is 11.3 Å². The molecule has 0 atom stereocenters. The lowest BCUT2D eigenvalue weighted by Gasteiger charge is -2.08. The van der Waals surface area contributed by atoms with Crippen molar-refractivity contribution in [1.82, 2.24) is 10.2 Å². The Labute approximate surface area is 151 Å². The molecule has 3 aromatic rings. The summed E-state index contributed by atoms with van der Waals surface area (Å²) in [6.07, 6.45) is 0.308. The van der Waals surface area contributed by atoms with Crippen LogP contribution in [0.25, 0.3) is 0 Å². The Morgan fingerprint density at radius 3 is 2.27 bits per heavy atom. The Hall–Kier alpha value is -3.41. The highest BCUT2D eigenvalue weighted by atomic mass is 16.2. The molecule has 2 aromatic carbocycles. The standard InChI is InChI=1S/C20H20N4O2/c1-13-19(14(2)24-23-13)22-20(26)16-8-10-17(11-9-16)21-18(25)12-15-6-4-3-5-7-15/h3-11H,12H2,1-2H3,(H,21,25)(H,22,26)(H,23,24). The molecule has 0 saturated carbocycles. The molecule has 6 nitrogen and oxygen atoms in total. The van der Waals surface area contributed by atoms with E-state index < -0.39 is 0 Å². The molecule has 6 heteroatoms. The van der Waals surface area contributed by atoms with E-state index in [2.05, 4.69) is 20.8 Å². The van der Waals surface area contributed by atoms with Crippen molar-refractivity contribution < 1.29 is 9.59 Å². The first kappa shape index (κ1) is 17.4. The van der Waals surface area contributed by atoms with Gasteiger partial charge in [0.1, 0.15) is 0 Å². The van der Waals surface area contributed by atoms with Crippen LogP contribution in [-0.2, 0) is 11.2 Å². The Bertz CT molecular complexity index is 895. The van der Waals surface area contributed by atoms with Gasteiger partial charge in [-0.05, 0) is 43.7 Å². The van der Waals surface area contributed by atoms with Gasteiger partial charge in [-0.15, -0.1) is 0 Å². The topological polar surface area (TPSA) is 86.9 Å². The first-order valence-electron chi connectivity index (χ1n) is 8.29. The van der Waals surface area contributed by atoms with Crippen molar-refractivity contribution in [2.45, 2.75) is 20.3 Å². The maximum Gasteiger partial charge on any atom is 0.255 e. The fraction of sp³-hybridized carbons (Fsp3) is 0.150. The molecular weight excluding hydrogens is 328 g/mol. The smallest absolute Gasteiger partial charge is 0.255 e. The summed E-state index contributed by atoms with van der Waals surface area (Å²) in [5.74, 6) is -0.321. The lowest BCUT2D eigenvalue weighted by Crippen LogP contribution is -2.15. The van der Waals surface area contributed by atoms with E-state index in [1.807, 2.05) is 44.2 Å². The summed E-state index contributed by atoms with van der Waals surface area (Å²) in [5, 5.41) is 12.6. The minimum Gasteiger partial charge on any atom is -0.326 e. The fourth-order valence-electron chi connectivity index (χ4n) is 2.61. The van der Waals surface area contributed by atoms with Crippen molar-refractivity contribution in [3.05, 3.63) is 77.1 Å². The maximum absolute atomic E-state index is 12.4. The third kappa shape index (κ3) is 4.16. The minimum atomic E-state index is -0.222. The Kier molecular flexibility index (Phi) is 5.12. The molecule has 0 fully saturated rings. The van der Waals surface area contributed by atoms with Crippen LogP contribution in [0.1, 0.15) is 27.3 Å². The van der Waals surface area contributed by atoms with E-state index in [-0.39, 0.29) is 11.8 Å². The van der Waals surface area contributed by atoms with Gasteiger partial charge in [0.15, 0.2) is 0 Å². The van der Waals surface area contributed by atoms with Gasteiger partial charge < -0.3 is 10.6 Å². The number of carbonyl (C=O) groups excluding carboxylic acids is 2. The van der Waals surface area contributed by atoms with Crippen molar-refractivity contribution in [3.8, 4) is 0 Å². The largest absolute Gasteiger partial charge is 0.326 e. The molecule has 0 aliphatic heterocycles. The SMILES string of the molecule is Cc1n[nH]c(C)c1NC(=O)c1ccc(NC(=O)Cc2ccccc2)cc1. The summed E-state index contributed by atoms with van der Waals surface area (Å²) in [4.78, 5) is 24.4. The average Bonchev–Trinajstić information content (AvgIpc) is 2.95. The van der Waals surface area contributed by atoms with Crippen LogP contribution in [0, 0.1) is 13.8 Å². The van der Waals surface area contributed by atoms with E-state index >= 15 is 0 Å². The van der Waals surface area contributed by atoms with E-state index in [0.717, 1.165) is 17.0 Å². The van der Waals surface area contributed by atoms with E-state index in [4.69, 9.17) is 0 Å². The van der Waals surface area contributed by atoms with Crippen molar-refractivity contribution >= 4 is 23.2 Å². The lowest BCUT2D eigenvalue weighted by molar-refractivity contribution is -0.115. The number of rotatable bonds is 5. The predicted octanol–water partition coefficient (Wildman–Crippen LogP) is 3.46. The number of H-pyrrole nitrogens is 1. The van der Waals surface area contributed by atoms with Crippen LogP contribution in [-0.4, -0.2) is 22.0 Å². The summed E-state index contributed by atoms with van der Waals surface area (Å²) in [6.45, 7) is 3.67. The second-order valence-corrected chi connectivity index (χ2v) is 6.05. The predicted molar refractivity (Wildman–Crippen MR) is 101 cm³/mol. The monoisotopic (exact) mass is 348 g/mol. The highest BCUT2D eigenvalue weighted by Crippen LogP contribution is 2.18. The second-order valence-electron chi connectivity index (χ2n) is 6.05. The summed E-state index contributed by atoms with van der Waals surface area (Å²) in [5.41, 5.74) is 4.34. The molecule has 3 rings (SSSR count). The Balaban J connectivity index is 1.61. The summed E-state index contributed by atoms with van der Waals surface area (Å²) in [7, 11) is 0. The number of amides is 2. The van der Waals surface area contributed by atoms with E-state index in [1.165, 1.54) is 0 Å². The molecule has 26 heavy (non-hydrogen) atoms. The van der Waals surface area contributed by atoms with Gasteiger partial charge in [-0.1, -0.05) is 30.3 Å². The zero-order valence-electron chi connectivity index (χ0n) is 14.7. The van der Waals surface area contributed by atoms with Crippen LogP contribution in [0.15, 0.2) is 54.6 Å². The first-order valence-corrected chi connectivity index (χ1v) is 8.29. The van der Waals surface area contributed by atoms with Gasteiger partial charge in [0.2, 0.25) is 5.91 Å². The molecule has 1 heterocycles. The number of hydrogen-bond donors (Lipinski definition) is 3. The molecule has 1 aromatic heterocycles. The fourth-order valence-corrected chi connectivity index (χ4v) is 2.61. The number of nitrogens with zero attached hydrogens (tertiary/aromatic N) is 1. The van der Waals surface area contributed by atoms with Crippen molar-refractivity contribution in [1.29, 1.82) is 0 Å². The van der Waals surface area contributed by atoms with Gasteiger partial charge in [-0.25, -0.2) is 0 Å². The highest BCUT2D eigenvalue weighted by Gasteiger charge is 2.12. The summed E-state index contributed by atoms with van der Waals surface area (Å²) >= 11 is 0. The molecule has 132 valence electrons. The van der Waals surface area contributed by atoms with Crippen molar-refractivity contribution in [3.63, 3.8) is 0 Å². The Morgan fingerprint density at radius 1 is 0.962 bits per heavy atom. The molecule has 0 spiro atoms. The minimum absolute atomic E-state index is 0.0990. The number of benzene rings is 2. The van der Waals surface area contributed by atoms with Gasteiger partial charge >= 0.3 is 0 Å². The molecule has 3 N–H and O–H groups in total. The number of anilines is 2. The molecule has 2 amide bonds. The van der Waals surface area contributed by atoms with E-state index in [1.54, 1.807) is 24.3 Å². The zero-order chi connectivity index (χ0) is 18.5. The van der Waals surface area contributed by atoms with Gasteiger partial charge in [-0.2, -0.15) is 5.10 Å². The molecule has 0 aliphatic carbocycles.